The summed E-state index contributed by atoms with van der Waals surface area (Å²) in [4.78, 5) is 22.2. The van der Waals surface area contributed by atoms with Gasteiger partial charge in [-0.25, -0.2) is 0 Å². The minimum absolute atomic E-state index is 0.156. The summed E-state index contributed by atoms with van der Waals surface area (Å²) >= 11 is 0. The number of carbonyl (C=O) groups is 2. The zero-order chi connectivity index (χ0) is 30.8. The molecule has 11 heteroatoms. The number of benzene rings is 1. The Morgan fingerprint density at radius 3 is 2.34 bits per heavy atom. The van der Waals surface area contributed by atoms with Crippen LogP contribution in [0.4, 0.5) is 0 Å². The molecule has 0 radical (unpaired) electrons. The highest BCUT2D eigenvalue weighted by Crippen LogP contribution is 2.13. The average molecular weight is 583 g/mol. The van der Waals surface area contributed by atoms with Crippen LogP contribution in [0.1, 0.15) is 50.4 Å². The van der Waals surface area contributed by atoms with Gasteiger partial charge in [-0.1, -0.05) is 32.8 Å². The Bertz CT molecular complexity index is 788. The van der Waals surface area contributed by atoms with Crippen molar-refractivity contribution in [3.05, 3.63) is 29.8 Å². The van der Waals surface area contributed by atoms with Gasteiger partial charge in [0.05, 0.1) is 33.0 Å². The number of nitrogens with two attached hydrogens (primary N) is 1. The van der Waals surface area contributed by atoms with Gasteiger partial charge in [0, 0.05) is 44.6 Å². The van der Waals surface area contributed by atoms with Gasteiger partial charge in [0.1, 0.15) is 31.5 Å². The lowest BCUT2D eigenvalue weighted by atomic mass is 10.2. The molecule has 1 unspecified atom stereocenters. The normalized spacial score (nSPS) is 10.6. The van der Waals surface area contributed by atoms with E-state index in [4.69, 9.17) is 29.4 Å². The predicted molar refractivity (Wildman–Crippen MR) is 163 cm³/mol. The fourth-order valence-corrected chi connectivity index (χ4v) is 2.68. The van der Waals surface area contributed by atoms with Crippen molar-refractivity contribution >= 4 is 12.2 Å². The zero-order valence-corrected chi connectivity index (χ0v) is 25.8. The van der Waals surface area contributed by atoms with Gasteiger partial charge in [0.25, 0.3) is 5.91 Å². The number of ether oxygens (including phenoxy) is 5. The van der Waals surface area contributed by atoms with Crippen molar-refractivity contribution in [1.82, 2.24) is 16.0 Å². The summed E-state index contributed by atoms with van der Waals surface area (Å²) in [6.07, 6.45) is 2.43. The summed E-state index contributed by atoms with van der Waals surface area (Å²) in [6.45, 7) is 11.9. The van der Waals surface area contributed by atoms with Gasteiger partial charge in [0.15, 0.2) is 0 Å². The van der Waals surface area contributed by atoms with E-state index in [9.17, 15) is 9.59 Å². The lowest BCUT2D eigenvalue weighted by molar-refractivity contribution is -0.108. The highest BCUT2D eigenvalue weighted by molar-refractivity contribution is 5.94. The van der Waals surface area contributed by atoms with Gasteiger partial charge >= 0.3 is 0 Å². The SMILES string of the molecule is CC.CCC#CCOCCNC.CNCCNC(=O)c1cccc(OCC(N)OCCOCCOCCCC=O)c1. The molecule has 1 amide bonds. The second-order valence-corrected chi connectivity index (χ2v) is 8.00. The molecule has 1 rings (SSSR count). The van der Waals surface area contributed by atoms with Crippen LogP contribution in [0.5, 0.6) is 5.75 Å². The zero-order valence-electron chi connectivity index (χ0n) is 25.8. The molecule has 11 nitrogen and oxygen atoms in total. The van der Waals surface area contributed by atoms with E-state index in [1.165, 1.54) is 0 Å². The van der Waals surface area contributed by atoms with E-state index in [2.05, 4.69) is 27.8 Å². The topological polar surface area (TPSA) is 142 Å². The highest BCUT2D eigenvalue weighted by atomic mass is 16.6. The van der Waals surface area contributed by atoms with Gasteiger partial charge in [-0.05, 0) is 38.7 Å². The van der Waals surface area contributed by atoms with Crippen LogP contribution in [0.25, 0.3) is 0 Å². The molecule has 0 bridgehead atoms. The van der Waals surface area contributed by atoms with Crippen molar-refractivity contribution in [3.63, 3.8) is 0 Å². The van der Waals surface area contributed by atoms with Crippen LogP contribution in [-0.2, 0) is 23.7 Å². The minimum Gasteiger partial charge on any atom is -0.489 e. The van der Waals surface area contributed by atoms with E-state index in [1.807, 2.05) is 34.9 Å². The lowest BCUT2D eigenvalue weighted by Crippen LogP contribution is -2.32. The van der Waals surface area contributed by atoms with Crippen LogP contribution in [-0.4, -0.2) is 105 Å². The molecule has 41 heavy (non-hydrogen) atoms. The van der Waals surface area contributed by atoms with Crippen molar-refractivity contribution in [2.24, 2.45) is 5.73 Å². The number of rotatable bonds is 22. The Hall–Kier alpha value is -2.56. The van der Waals surface area contributed by atoms with Crippen molar-refractivity contribution in [1.29, 1.82) is 0 Å². The number of likely N-dealkylation sites (N-methyl/N-ethyl adjacent to an activating group) is 2. The molecule has 0 aliphatic rings. The molecule has 236 valence electrons. The quantitative estimate of drug-likeness (QED) is 0.0694. The summed E-state index contributed by atoms with van der Waals surface area (Å²) in [6, 6.07) is 6.90. The molecule has 0 spiro atoms. The molecule has 0 heterocycles. The van der Waals surface area contributed by atoms with Gasteiger partial charge in [-0.3, -0.25) is 4.79 Å². The van der Waals surface area contributed by atoms with E-state index in [0.29, 0.717) is 70.5 Å². The standard InChI is InChI=1S/C20H33N3O6.C8H15NO.C2H6/c1-22-7-8-23-20(25)17-5-4-6-18(15-17)29-16-19(21)28-14-13-27-12-11-26-10-3-2-9-24;1-3-4-5-7-10-8-6-9-2;1-2/h4-6,9,15,19,22H,2-3,7-8,10-14,16,21H2,1H3,(H,23,25);9H,3,6-8H2,1-2H3;1-2H3. The number of carbonyl (C=O) groups excluding carboxylic acids is 2. The number of hydrogen-bond donors (Lipinski definition) is 4. The molecule has 5 N–H and O–H groups in total. The summed E-state index contributed by atoms with van der Waals surface area (Å²) in [7, 11) is 3.73. The fourth-order valence-electron chi connectivity index (χ4n) is 2.68. The van der Waals surface area contributed by atoms with Crippen LogP contribution in [0.15, 0.2) is 24.3 Å². The average Bonchev–Trinajstić information content (AvgIpc) is 3.00. The van der Waals surface area contributed by atoms with Gasteiger partial charge in [-0.15, -0.1) is 5.92 Å². The molecular weight excluding hydrogens is 528 g/mol. The first-order valence-electron chi connectivity index (χ1n) is 14.4. The van der Waals surface area contributed by atoms with Crippen molar-refractivity contribution < 1.29 is 33.3 Å². The van der Waals surface area contributed by atoms with Crippen LogP contribution in [0, 0.1) is 11.8 Å². The molecule has 1 aromatic carbocycles. The molecule has 0 saturated heterocycles. The lowest BCUT2D eigenvalue weighted by Gasteiger charge is -2.15. The molecular formula is C30H54N4O7. The number of aldehydes is 1. The van der Waals surface area contributed by atoms with Crippen LogP contribution < -0.4 is 26.4 Å². The third-order valence-corrected chi connectivity index (χ3v) is 4.69. The molecule has 1 aromatic rings. The maximum absolute atomic E-state index is 12.0. The van der Waals surface area contributed by atoms with Crippen LogP contribution >= 0.6 is 0 Å². The summed E-state index contributed by atoms with van der Waals surface area (Å²) < 4.78 is 26.8. The molecule has 0 saturated carbocycles. The largest absolute Gasteiger partial charge is 0.489 e. The van der Waals surface area contributed by atoms with Crippen molar-refractivity contribution in [3.8, 4) is 17.6 Å². The Morgan fingerprint density at radius 2 is 1.66 bits per heavy atom. The third-order valence-electron chi connectivity index (χ3n) is 4.69. The molecule has 0 fully saturated rings. The summed E-state index contributed by atoms with van der Waals surface area (Å²) in [5.41, 5.74) is 6.39. The monoisotopic (exact) mass is 582 g/mol. The van der Waals surface area contributed by atoms with Gasteiger partial charge < -0.3 is 50.2 Å². The van der Waals surface area contributed by atoms with E-state index < -0.39 is 6.23 Å². The van der Waals surface area contributed by atoms with Crippen LogP contribution in [0.2, 0.25) is 0 Å². The predicted octanol–water partition coefficient (Wildman–Crippen LogP) is 1.99. The summed E-state index contributed by atoms with van der Waals surface area (Å²) in [5.74, 6) is 6.22. The Morgan fingerprint density at radius 1 is 0.951 bits per heavy atom. The number of amides is 1. The van der Waals surface area contributed by atoms with Gasteiger partial charge in [0.2, 0.25) is 0 Å². The van der Waals surface area contributed by atoms with E-state index >= 15 is 0 Å². The number of hydrogen-bond acceptors (Lipinski definition) is 10. The molecule has 0 aliphatic heterocycles. The molecule has 0 aromatic heterocycles. The maximum atomic E-state index is 12.0. The highest BCUT2D eigenvalue weighted by Gasteiger charge is 2.08. The first kappa shape index (κ1) is 40.6. The van der Waals surface area contributed by atoms with Gasteiger partial charge in [-0.2, -0.15) is 0 Å². The van der Waals surface area contributed by atoms with Crippen molar-refractivity contribution in [2.45, 2.75) is 46.3 Å². The Balaban J connectivity index is 0. The Labute approximate surface area is 247 Å². The number of unbranched alkanes of at least 4 members (excludes halogenated alkanes) is 1. The molecule has 0 aliphatic carbocycles. The fraction of sp³-hybridized carbons (Fsp3) is 0.667. The van der Waals surface area contributed by atoms with Crippen molar-refractivity contribution in [2.75, 3.05) is 86.6 Å². The summed E-state index contributed by atoms with van der Waals surface area (Å²) in [5, 5.41) is 8.76. The van der Waals surface area contributed by atoms with E-state index in [0.717, 1.165) is 32.3 Å². The first-order chi connectivity index (χ1) is 20.1. The molecule has 1 atom stereocenters. The minimum atomic E-state index is -0.605. The first-order valence-corrected chi connectivity index (χ1v) is 14.4. The third kappa shape index (κ3) is 28.8. The van der Waals surface area contributed by atoms with Crippen LogP contribution in [0.3, 0.4) is 0 Å². The van der Waals surface area contributed by atoms with E-state index in [-0.39, 0.29) is 12.5 Å². The smallest absolute Gasteiger partial charge is 0.251 e. The maximum Gasteiger partial charge on any atom is 0.251 e. The van der Waals surface area contributed by atoms with E-state index in [1.54, 1.807) is 24.3 Å². The Kier molecular flexibility index (Phi) is 33.3. The second-order valence-electron chi connectivity index (χ2n) is 8.00. The number of nitrogens with one attached hydrogen (secondary N) is 3. The second kappa shape index (κ2) is 33.6.